The van der Waals surface area contributed by atoms with Crippen molar-refractivity contribution in [2.24, 2.45) is 7.05 Å². The Morgan fingerprint density at radius 2 is 1.83 bits per heavy atom. The summed E-state index contributed by atoms with van der Waals surface area (Å²) in [4.78, 5) is 14.4. The molecular formula is C14H11Cl2F5N4O3S. The molecule has 0 fully saturated rings. The third-order valence-corrected chi connectivity index (χ3v) is 5.96. The van der Waals surface area contributed by atoms with Crippen molar-refractivity contribution < 1.29 is 35.2 Å². The number of carbonyl (C=O) groups excluding carboxylic acids is 1. The second-order valence-electron chi connectivity index (χ2n) is 5.70. The van der Waals surface area contributed by atoms with Crippen molar-refractivity contribution in [3.63, 3.8) is 0 Å². The molecule has 1 amide bonds. The molecule has 0 saturated heterocycles. The molecule has 0 aliphatic carbocycles. The zero-order chi connectivity index (χ0) is 22.3. The van der Waals surface area contributed by atoms with E-state index in [2.05, 4.69) is 4.98 Å². The summed E-state index contributed by atoms with van der Waals surface area (Å²) < 4.78 is 91.3. The molecule has 2 heterocycles. The molecule has 0 saturated carbocycles. The summed E-state index contributed by atoms with van der Waals surface area (Å²) >= 11 is 11.5. The minimum Gasteiger partial charge on any atom is -0.344 e. The summed E-state index contributed by atoms with van der Waals surface area (Å²) in [6.07, 6.45) is -4.06. The van der Waals surface area contributed by atoms with Crippen LogP contribution in [-0.4, -0.2) is 36.1 Å². The molecule has 1 unspecified atom stereocenters. The van der Waals surface area contributed by atoms with Crippen LogP contribution >= 0.6 is 23.2 Å². The number of aromatic nitrogens is 2. The summed E-state index contributed by atoms with van der Waals surface area (Å²) in [5.74, 6) is -3.84. The normalized spacial score (nSPS) is 13.4. The number of sulfonamides is 1. The van der Waals surface area contributed by atoms with Gasteiger partial charge in [-0.1, -0.05) is 23.2 Å². The maximum atomic E-state index is 13.4. The average Bonchev–Trinajstić information content (AvgIpc) is 2.86. The first-order valence-corrected chi connectivity index (χ1v) is 9.65. The zero-order valence-electron chi connectivity index (χ0n) is 14.4. The molecule has 1 atom stereocenters. The van der Waals surface area contributed by atoms with Gasteiger partial charge in [0.2, 0.25) is 21.9 Å². The van der Waals surface area contributed by atoms with Crippen molar-refractivity contribution in [2.75, 3.05) is 5.32 Å². The number of pyridine rings is 1. The summed E-state index contributed by atoms with van der Waals surface area (Å²) in [6.45, 7) is 0.580. The fourth-order valence-electron chi connectivity index (χ4n) is 2.12. The highest BCUT2D eigenvalue weighted by Crippen LogP contribution is 2.31. The van der Waals surface area contributed by atoms with Gasteiger partial charge in [-0.15, -0.1) is 0 Å². The lowest BCUT2D eigenvalue weighted by Crippen LogP contribution is -2.42. The Morgan fingerprint density at radius 3 is 2.38 bits per heavy atom. The van der Waals surface area contributed by atoms with Gasteiger partial charge in [-0.25, -0.2) is 8.42 Å². The fraction of sp³-hybridized carbons (Fsp3) is 0.286. The lowest BCUT2D eigenvalue weighted by molar-refractivity contribution is -0.147. The number of hydrogen-bond donors (Lipinski definition) is 2. The molecule has 0 spiro atoms. The molecule has 15 heteroatoms. The van der Waals surface area contributed by atoms with Gasteiger partial charge >= 0.3 is 6.18 Å². The van der Waals surface area contributed by atoms with Crippen LogP contribution < -0.4 is 10.0 Å². The van der Waals surface area contributed by atoms with E-state index in [1.165, 1.54) is 11.8 Å². The van der Waals surface area contributed by atoms with Crippen LogP contribution in [0.2, 0.25) is 10.0 Å². The van der Waals surface area contributed by atoms with Crippen LogP contribution in [0.15, 0.2) is 17.2 Å². The molecule has 160 valence electrons. The molecule has 29 heavy (non-hydrogen) atoms. The quantitative estimate of drug-likeness (QED) is 0.506. The van der Waals surface area contributed by atoms with Crippen molar-refractivity contribution in [2.45, 2.75) is 24.0 Å². The van der Waals surface area contributed by atoms with Gasteiger partial charge in [0.1, 0.15) is 21.7 Å². The van der Waals surface area contributed by atoms with Crippen molar-refractivity contribution in [1.29, 1.82) is 0 Å². The first-order chi connectivity index (χ1) is 13.1. The van der Waals surface area contributed by atoms with Gasteiger partial charge in [0.25, 0.3) is 5.91 Å². The largest absolute Gasteiger partial charge is 0.404 e. The third-order valence-electron chi connectivity index (χ3n) is 3.55. The Hall–Kier alpha value is -1.96. The zero-order valence-corrected chi connectivity index (χ0v) is 16.7. The molecule has 0 aliphatic rings. The number of nitrogens with one attached hydrogen (secondary N) is 2. The van der Waals surface area contributed by atoms with Crippen LogP contribution in [0.25, 0.3) is 0 Å². The van der Waals surface area contributed by atoms with E-state index in [-0.39, 0.29) is 0 Å². The highest BCUT2D eigenvalue weighted by molar-refractivity contribution is 7.89. The summed E-state index contributed by atoms with van der Waals surface area (Å²) in [7, 11) is -3.58. The molecule has 0 aromatic carbocycles. The summed E-state index contributed by atoms with van der Waals surface area (Å²) in [6, 6.07) is -1.83. The van der Waals surface area contributed by atoms with Crippen LogP contribution in [0.5, 0.6) is 0 Å². The highest BCUT2D eigenvalue weighted by atomic mass is 35.5. The standard InChI is InChI=1S/C14H11Cl2F5N4O3S/c1-5(14(19,20)21)24-29(27,28)7-4-25(2)11(10(7)16)13(26)22-6-3-8(17)23-12(18)9(6)15/h3-5,24H,1-2H3,(H,22,23,26). The van der Waals surface area contributed by atoms with E-state index in [0.29, 0.717) is 13.0 Å². The summed E-state index contributed by atoms with van der Waals surface area (Å²) in [5, 5.41) is 0.595. The van der Waals surface area contributed by atoms with Gasteiger partial charge in [0.05, 0.1) is 10.7 Å². The second kappa shape index (κ2) is 8.05. The van der Waals surface area contributed by atoms with Gasteiger partial charge in [0, 0.05) is 19.3 Å². The first kappa shape index (κ1) is 23.3. The number of aryl methyl sites for hydroxylation is 1. The summed E-state index contributed by atoms with van der Waals surface area (Å²) in [5.41, 5.74) is -1.03. The number of nitrogens with zero attached hydrogens (tertiary/aromatic N) is 2. The van der Waals surface area contributed by atoms with Crippen molar-refractivity contribution in [3.8, 4) is 0 Å². The van der Waals surface area contributed by atoms with Crippen LogP contribution in [0.4, 0.5) is 27.6 Å². The second-order valence-corrected chi connectivity index (χ2v) is 8.14. The monoisotopic (exact) mass is 480 g/mol. The SMILES string of the molecule is CC(NS(=O)(=O)c1cn(C)c(C(=O)Nc2cc(F)nc(F)c2Cl)c1Cl)C(F)(F)F. The topological polar surface area (TPSA) is 93.1 Å². The van der Waals surface area contributed by atoms with E-state index >= 15 is 0 Å². The average molecular weight is 481 g/mol. The van der Waals surface area contributed by atoms with Gasteiger partial charge in [-0.05, 0) is 6.92 Å². The van der Waals surface area contributed by atoms with Gasteiger partial charge in [-0.2, -0.15) is 31.7 Å². The van der Waals surface area contributed by atoms with Crippen LogP contribution in [0.1, 0.15) is 17.4 Å². The van der Waals surface area contributed by atoms with Gasteiger partial charge < -0.3 is 9.88 Å². The maximum absolute atomic E-state index is 13.4. The molecule has 2 N–H and O–H groups in total. The van der Waals surface area contributed by atoms with E-state index in [1.807, 2.05) is 5.32 Å². The van der Waals surface area contributed by atoms with E-state index < -0.39 is 66.4 Å². The van der Waals surface area contributed by atoms with Crippen molar-refractivity contribution in [1.82, 2.24) is 14.3 Å². The van der Waals surface area contributed by atoms with Crippen LogP contribution in [0, 0.1) is 11.9 Å². The predicted molar refractivity (Wildman–Crippen MR) is 93.4 cm³/mol. The third kappa shape index (κ3) is 4.97. The van der Waals surface area contributed by atoms with E-state index in [1.54, 1.807) is 0 Å². The van der Waals surface area contributed by atoms with Crippen molar-refractivity contribution in [3.05, 3.63) is 39.9 Å². The molecule has 0 radical (unpaired) electrons. The number of amides is 1. The molecule has 2 rings (SSSR count). The molecule has 2 aromatic rings. The maximum Gasteiger partial charge on any atom is 0.404 e. The lowest BCUT2D eigenvalue weighted by atomic mass is 10.3. The highest BCUT2D eigenvalue weighted by Gasteiger charge is 2.40. The Bertz CT molecular complexity index is 1070. The van der Waals surface area contributed by atoms with Crippen LogP contribution in [0.3, 0.4) is 0 Å². The molecule has 0 aliphatic heterocycles. The Labute approximate surface area is 170 Å². The number of hydrogen-bond acceptors (Lipinski definition) is 4. The number of alkyl halides is 3. The molecule has 0 bridgehead atoms. The number of halogens is 7. The Balaban J connectivity index is 2.40. The fourth-order valence-corrected chi connectivity index (χ4v) is 4.19. The van der Waals surface area contributed by atoms with Gasteiger partial charge in [0.15, 0.2) is 0 Å². The Morgan fingerprint density at radius 1 is 1.24 bits per heavy atom. The number of rotatable bonds is 5. The molecular weight excluding hydrogens is 470 g/mol. The lowest BCUT2D eigenvalue weighted by Gasteiger charge is -2.16. The number of anilines is 1. The van der Waals surface area contributed by atoms with Gasteiger partial charge in [-0.3, -0.25) is 4.79 Å². The minimum atomic E-state index is -4.86. The number of carbonyl (C=O) groups is 1. The predicted octanol–water partition coefficient (Wildman–Crippen LogP) is 3.49. The Kier molecular flexibility index (Phi) is 6.47. The first-order valence-electron chi connectivity index (χ1n) is 7.42. The molecule has 2 aromatic heterocycles. The van der Waals surface area contributed by atoms with Crippen molar-refractivity contribution >= 4 is 44.8 Å². The van der Waals surface area contributed by atoms with E-state index in [4.69, 9.17) is 23.2 Å². The smallest absolute Gasteiger partial charge is 0.344 e. The van der Waals surface area contributed by atoms with E-state index in [9.17, 15) is 35.2 Å². The molecule has 7 nitrogen and oxygen atoms in total. The van der Waals surface area contributed by atoms with Crippen LogP contribution in [-0.2, 0) is 17.1 Å². The van der Waals surface area contributed by atoms with E-state index in [0.717, 1.165) is 10.8 Å². The minimum absolute atomic E-state index is 0.514.